The number of sulfonamides is 1. The van der Waals surface area contributed by atoms with Crippen LogP contribution in [0.25, 0.3) is 0 Å². The Morgan fingerprint density at radius 1 is 1.10 bits per heavy atom. The molecular formula is C26H23ClF3N3O5S. The molecule has 3 aromatic rings. The van der Waals surface area contributed by atoms with Crippen LogP contribution in [-0.2, 0) is 21.0 Å². The van der Waals surface area contributed by atoms with Crippen LogP contribution in [0, 0.1) is 0 Å². The van der Waals surface area contributed by atoms with Gasteiger partial charge in [-0.3, -0.25) is 9.10 Å². The van der Waals surface area contributed by atoms with E-state index in [0.29, 0.717) is 33.5 Å². The second-order valence-corrected chi connectivity index (χ2v) is 10.1. The lowest BCUT2D eigenvalue weighted by atomic mass is 10.2. The molecule has 3 aromatic carbocycles. The average Bonchev–Trinajstić information content (AvgIpc) is 2.91. The summed E-state index contributed by atoms with van der Waals surface area (Å²) in [6.07, 6.45) is -1.94. The first kappa shape index (κ1) is 29.5. The number of amides is 1. The van der Waals surface area contributed by atoms with E-state index in [2.05, 4.69) is 17.1 Å². The van der Waals surface area contributed by atoms with E-state index in [0.717, 1.165) is 6.07 Å². The summed E-state index contributed by atoms with van der Waals surface area (Å²) < 4.78 is 78.2. The largest absolute Gasteiger partial charge is 0.493 e. The molecule has 0 atom stereocenters. The number of nitrogens with one attached hydrogen (secondary N) is 1. The van der Waals surface area contributed by atoms with Crippen LogP contribution in [-0.4, -0.2) is 40.8 Å². The van der Waals surface area contributed by atoms with Gasteiger partial charge in [-0.2, -0.15) is 18.3 Å². The number of rotatable bonds is 11. The Bertz CT molecular complexity index is 1470. The molecule has 0 aliphatic rings. The Balaban J connectivity index is 1.88. The van der Waals surface area contributed by atoms with Crippen LogP contribution in [0.4, 0.5) is 18.9 Å². The minimum absolute atomic E-state index is 0.249. The van der Waals surface area contributed by atoms with Gasteiger partial charge in [0, 0.05) is 0 Å². The molecule has 0 unspecified atom stereocenters. The Labute approximate surface area is 228 Å². The highest BCUT2D eigenvalue weighted by atomic mass is 35.5. The molecule has 3 rings (SSSR count). The molecule has 1 N–H and O–H groups in total. The minimum Gasteiger partial charge on any atom is -0.493 e. The molecule has 39 heavy (non-hydrogen) atoms. The Morgan fingerprint density at radius 2 is 1.82 bits per heavy atom. The summed E-state index contributed by atoms with van der Waals surface area (Å²) in [6, 6.07) is 14.0. The molecule has 0 saturated heterocycles. The third-order valence-corrected chi connectivity index (χ3v) is 7.20. The van der Waals surface area contributed by atoms with E-state index >= 15 is 0 Å². The molecule has 13 heteroatoms. The number of hydrogen-bond donors (Lipinski definition) is 1. The maximum atomic E-state index is 13.4. The number of carbonyl (C=O) groups is 1. The van der Waals surface area contributed by atoms with E-state index in [4.69, 9.17) is 21.1 Å². The van der Waals surface area contributed by atoms with E-state index in [1.54, 1.807) is 30.3 Å². The van der Waals surface area contributed by atoms with Crippen molar-refractivity contribution < 1.29 is 35.9 Å². The van der Waals surface area contributed by atoms with Crippen LogP contribution >= 0.6 is 11.6 Å². The van der Waals surface area contributed by atoms with Gasteiger partial charge in [0.25, 0.3) is 15.9 Å². The highest BCUT2D eigenvalue weighted by molar-refractivity contribution is 7.92. The van der Waals surface area contributed by atoms with E-state index in [-0.39, 0.29) is 16.5 Å². The van der Waals surface area contributed by atoms with Crippen molar-refractivity contribution in [1.29, 1.82) is 0 Å². The van der Waals surface area contributed by atoms with Gasteiger partial charge in [0.2, 0.25) is 0 Å². The number of benzene rings is 3. The summed E-state index contributed by atoms with van der Waals surface area (Å²) in [5.74, 6) is -0.0816. The van der Waals surface area contributed by atoms with Gasteiger partial charge < -0.3 is 9.47 Å². The van der Waals surface area contributed by atoms with Crippen molar-refractivity contribution in [1.82, 2.24) is 5.43 Å². The van der Waals surface area contributed by atoms with E-state index in [1.165, 1.54) is 37.6 Å². The molecular weight excluding hydrogens is 559 g/mol. The van der Waals surface area contributed by atoms with Gasteiger partial charge in [0.05, 0.1) is 34.5 Å². The van der Waals surface area contributed by atoms with Crippen LogP contribution < -0.4 is 19.2 Å². The third kappa shape index (κ3) is 7.52. The second-order valence-electron chi connectivity index (χ2n) is 7.79. The highest BCUT2D eigenvalue weighted by Crippen LogP contribution is 2.37. The van der Waals surface area contributed by atoms with E-state index < -0.39 is 39.9 Å². The van der Waals surface area contributed by atoms with E-state index in [9.17, 15) is 26.4 Å². The molecule has 206 valence electrons. The van der Waals surface area contributed by atoms with Crippen molar-refractivity contribution in [3.8, 4) is 11.5 Å². The van der Waals surface area contributed by atoms with Crippen molar-refractivity contribution in [3.05, 3.63) is 95.5 Å². The fourth-order valence-corrected chi connectivity index (χ4v) is 5.00. The number of hydrogen-bond acceptors (Lipinski definition) is 6. The van der Waals surface area contributed by atoms with Gasteiger partial charge in [0.15, 0.2) is 11.5 Å². The number of hydrazone groups is 1. The standard InChI is InChI=1S/C26H23ClF3N3O5S/c1-3-13-38-23-12-9-18(14-24(23)37-2)16-31-32-25(34)17-33(39(35,36)20-7-5-4-6-8-20)22-15-19(26(28,29)30)10-11-21(22)27/h3-12,14-16H,1,13,17H2,2H3,(H,32,34)/b31-16-. The van der Waals surface area contributed by atoms with Crippen LogP contribution in [0.5, 0.6) is 11.5 Å². The summed E-state index contributed by atoms with van der Waals surface area (Å²) in [4.78, 5) is 12.5. The number of alkyl halides is 3. The summed E-state index contributed by atoms with van der Waals surface area (Å²) >= 11 is 6.11. The molecule has 0 radical (unpaired) electrons. The normalized spacial score (nSPS) is 11.7. The van der Waals surface area contributed by atoms with Crippen LogP contribution in [0.1, 0.15) is 11.1 Å². The third-order valence-electron chi connectivity index (χ3n) is 5.11. The molecule has 0 heterocycles. The van der Waals surface area contributed by atoms with Crippen molar-refractivity contribution in [2.24, 2.45) is 5.10 Å². The summed E-state index contributed by atoms with van der Waals surface area (Å²) in [7, 11) is -3.06. The van der Waals surface area contributed by atoms with Gasteiger partial charge >= 0.3 is 6.18 Å². The predicted octanol–water partition coefficient (Wildman–Crippen LogP) is 5.28. The Hall–Kier alpha value is -4.03. The fourth-order valence-electron chi connectivity index (χ4n) is 3.28. The van der Waals surface area contributed by atoms with Gasteiger partial charge in [-0.1, -0.05) is 42.5 Å². The molecule has 0 fully saturated rings. The SMILES string of the molecule is C=CCOc1ccc(/C=N\NC(=O)CN(c2cc(C(F)(F)F)ccc2Cl)S(=O)(=O)c2ccccc2)cc1OC. The Kier molecular flexibility index (Phi) is 9.60. The van der Waals surface area contributed by atoms with Crippen LogP contribution in [0.3, 0.4) is 0 Å². The smallest absolute Gasteiger partial charge is 0.416 e. The first-order chi connectivity index (χ1) is 18.5. The lowest BCUT2D eigenvalue weighted by molar-refractivity contribution is -0.137. The van der Waals surface area contributed by atoms with Gasteiger partial charge in [-0.05, 0) is 54.1 Å². The summed E-state index contributed by atoms with van der Waals surface area (Å²) in [6.45, 7) is 2.92. The van der Waals surface area contributed by atoms with Crippen molar-refractivity contribution >= 4 is 39.4 Å². The van der Waals surface area contributed by atoms with Crippen LogP contribution in [0.2, 0.25) is 5.02 Å². The first-order valence-electron chi connectivity index (χ1n) is 11.2. The number of ether oxygens (including phenoxy) is 2. The minimum atomic E-state index is -4.78. The maximum absolute atomic E-state index is 13.4. The maximum Gasteiger partial charge on any atom is 0.416 e. The monoisotopic (exact) mass is 581 g/mol. The molecule has 1 amide bonds. The topological polar surface area (TPSA) is 97.3 Å². The lowest BCUT2D eigenvalue weighted by Crippen LogP contribution is -2.40. The number of carbonyl (C=O) groups excluding carboxylic acids is 1. The van der Waals surface area contributed by atoms with Crippen molar-refractivity contribution in [3.63, 3.8) is 0 Å². The zero-order valence-electron chi connectivity index (χ0n) is 20.5. The van der Waals surface area contributed by atoms with Crippen molar-refractivity contribution in [2.45, 2.75) is 11.1 Å². The number of methoxy groups -OCH3 is 1. The second kappa shape index (κ2) is 12.7. The lowest BCUT2D eigenvalue weighted by Gasteiger charge is -2.25. The Morgan fingerprint density at radius 3 is 2.46 bits per heavy atom. The average molecular weight is 582 g/mol. The van der Waals surface area contributed by atoms with Crippen molar-refractivity contribution in [2.75, 3.05) is 24.6 Å². The summed E-state index contributed by atoms with van der Waals surface area (Å²) in [5, 5.41) is 3.52. The highest BCUT2D eigenvalue weighted by Gasteiger charge is 2.34. The summed E-state index contributed by atoms with van der Waals surface area (Å²) in [5.41, 5.74) is 1.03. The predicted molar refractivity (Wildman–Crippen MR) is 142 cm³/mol. The molecule has 0 aliphatic heterocycles. The molecule has 0 spiro atoms. The molecule has 8 nitrogen and oxygen atoms in total. The molecule has 0 bridgehead atoms. The fraction of sp³-hybridized carbons (Fsp3) is 0.154. The zero-order valence-corrected chi connectivity index (χ0v) is 22.1. The number of halogens is 4. The zero-order chi connectivity index (χ0) is 28.6. The van der Waals surface area contributed by atoms with Gasteiger partial charge in [0.1, 0.15) is 13.2 Å². The molecule has 0 saturated carbocycles. The number of anilines is 1. The van der Waals surface area contributed by atoms with Gasteiger partial charge in [-0.15, -0.1) is 0 Å². The first-order valence-corrected chi connectivity index (χ1v) is 13.0. The number of nitrogens with zero attached hydrogens (tertiary/aromatic N) is 2. The van der Waals surface area contributed by atoms with E-state index in [1.807, 2.05) is 0 Å². The van der Waals surface area contributed by atoms with Gasteiger partial charge in [-0.25, -0.2) is 13.8 Å². The van der Waals surface area contributed by atoms with Crippen LogP contribution in [0.15, 0.2) is 89.4 Å². The molecule has 0 aromatic heterocycles. The quantitative estimate of drug-likeness (QED) is 0.189. The molecule has 0 aliphatic carbocycles.